The number of nitrogens with zero attached hydrogens (tertiary/aromatic N) is 2. The Kier molecular flexibility index (Phi) is 3.73. The van der Waals surface area contributed by atoms with Crippen molar-refractivity contribution in [2.45, 2.75) is 13.8 Å². The van der Waals surface area contributed by atoms with E-state index in [4.69, 9.17) is 0 Å². The first kappa shape index (κ1) is 15.4. The third-order valence-electron chi connectivity index (χ3n) is 3.59. The van der Waals surface area contributed by atoms with Gasteiger partial charge in [0.1, 0.15) is 10.6 Å². The van der Waals surface area contributed by atoms with Crippen molar-refractivity contribution in [3.8, 4) is 0 Å². The molecule has 0 radical (unpaired) electrons. The molecule has 7 heteroatoms. The molecule has 0 unspecified atom stereocenters. The average molecular weight is 331 g/mol. The number of nitrogens with one attached hydrogen (secondary N) is 1. The van der Waals surface area contributed by atoms with Crippen LogP contribution in [0.4, 0.5) is 10.1 Å². The highest BCUT2D eigenvalue weighted by Gasteiger charge is 2.19. The van der Waals surface area contributed by atoms with Crippen LogP contribution in [0.15, 0.2) is 29.3 Å². The molecule has 5 nitrogen and oxygen atoms in total. The topological polar surface area (TPSA) is 64.0 Å². The van der Waals surface area contributed by atoms with E-state index >= 15 is 0 Å². The summed E-state index contributed by atoms with van der Waals surface area (Å²) in [5.41, 5.74) is 1.31. The SMILES string of the molecule is Cc1ccc(F)c(NC(=O)c2sc3ncn(C)c(=O)c3c2C)c1. The summed E-state index contributed by atoms with van der Waals surface area (Å²) in [4.78, 5) is 29.7. The lowest BCUT2D eigenvalue weighted by atomic mass is 10.2. The van der Waals surface area contributed by atoms with Gasteiger partial charge in [0.2, 0.25) is 0 Å². The van der Waals surface area contributed by atoms with Crippen molar-refractivity contribution >= 4 is 33.1 Å². The molecule has 3 aromatic rings. The Bertz CT molecular complexity index is 991. The fourth-order valence-electron chi connectivity index (χ4n) is 2.34. The number of rotatable bonds is 2. The van der Waals surface area contributed by atoms with Gasteiger partial charge < -0.3 is 9.88 Å². The third-order valence-corrected chi connectivity index (χ3v) is 4.79. The summed E-state index contributed by atoms with van der Waals surface area (Å²) in [6.07, 6.45) is 1.42. The minimum absolute atomic E-state index is 0.118. The predicted molar refractivity (Wildman–Crippen MR) is 88.7 cm³/mol. The van der Waals surface area contributed by atoms with Gasteiger partial charge in [-0.2, -0.15) is 0 Å². The van der Waals surface area contributed by atoms with E-state index in [1.165, 1.54) is 17.0 Å². The summed E-state index contributed by atoms with van der Waals surface area (Å²) in [6, 6.07) is 4.50. The van der Waals surface area contributed by atoms with Gasteiger partial charge in [0, 0.05) is 7.05 Å². The second-order valence-electron chi connectivity index (χ2n) is 5.33. The number of aryl methyl sites for hydroxylation is 3. The maximum Gasteiger partial charge on any atom is 0.266 e. The molecule has 2 aromatic heterocycles. The highest BCUT2D eigenvalue weighted by atomic mass is 32.1. The fraction of sp³-hybridized carbons (Fsp3) is 0.188. The molecule has 1 N–H and O–H groups in total. The van der Waals surface area contributed by atoms with Crippen molar-refractivity contribution in [2.75, 3.05) is 5.32 Å². The second kappa shape index (κ2) is 5.58. The van der Waals surface area contributed by atoms with Crippen LogP contribution in [0, 0.1) is 19.7 Å². The van der Waals surface area contributed by atoms with Crippen LogP contribution in [0.2, 0.25) is 0 Å². The van der Waals surface area contributed by atoms with E-state index in [0.29, 0.717) is 20.7 Å². The molecule has 0 aliphatic heterocycles. The molecule has 0 saturated carbocycles. The summed E-state index contributed by atoms with van der Waals surface area (Å²) in [5, 5.41) is 2.99. The van der Waals surface area contributed by atoms with Gasteiger partial charge in [-0.25, -0.2) is 9.37 Å². The normalized spacial score (nSPS) is 11.0. The quantitative estimate of drug-likeness (QED) is 0.785. The van der Waals surface area contributed by atoms with Crippen molar-refractivity contribution in [3.63, 3.8) is 0 Å². The van der Waals surface area contributed by atoms with Crippen LogP contribution in [-0.4, -0.2) is 15.5 Å². The summed E-state index contributed by atoms with van der Waals surface area (Å²) >= 11 is 1.13. The largest absolute Gasteiger partial charge is 0.319 e. The molecular weight excluding hydrogens is 317 g/mol. The Balaban J connectivity index is 2.05. The number of thiophene rings is 1. The summed E-state index contributed by atoms with van der Waals surface area (Å²) in [5.74, 6) is -0.950. The lowest BCUT2D eigenvalue weighted by Crippen LogP contribution is -2.17. The minimum Gasteiger partial charge on any atom is -0.319 e. The van der Waals surface area contributed by atoms with Crippen LogP contribution in [0.3, 0.4) is 0 Å². The molecule has 0 spiro atoms. The molecule has 3 rings (SSSR count). The number of hydrogen-bond donors (Lipinski definition) is 1. The molecular formula is C16H14FN3O2S. The zero-order valence-electron chi connectivity index (χ0n) is 12.8. The van der Waals surface area contributed by atoms with Crippen molar-refractivity contribution in [1.29, 1.82) is 0 Å². The fourth-order valence-corrected chi connectivity index (χ4v) is 3.37. The number of hydrogen-bond acceptors (Lipinski definition) is 4. The smallest absolute Gasteiger partial charge is 0.266 e. The van der Waals surface area contributed by atoms with E-state index in [1.54, 1.807) is 26.1 Å². The van der Waals surface area contributed by atoms with E-state index in [1.807, 2.05) is 6.92 Å². The average Bonchev–Trinajstić information content (AvgIpc) is 2.84. The zero-order chi connectivity index (χ0) is 16.7. The van der Waals surface area contributed by atoms with Crippen LogP contribution >= 0.6 is 11.3 Å². The first-order valence-electron chi connectivity index (χ1n) is 6.90. The number of carbonyl (C=O) groups is 1. The molecule has 2 heterocycles. The van der Waals surface area contributed by atoms with E-state index in [9.17, 15) is 14.0 Å². The van der Waals surface area contributed by atoms with E-state index in [-0.39, 0.29) is 11.2 Å². The van der Waals surface area contributed by atoms with E-state index < -0.39 is 11.7 Å². The van der Waals surface area contributed by atoms with E-state index in [0.717, 1.165) is 16.9 Å². The molecule has 1 amide bonds. The van der Waals surface area contributed by atoms with Gasteiger partial charge >= 0.3 is 0 Å². The van der Waals surface area contributed by atoms with Gasteiger partial charge in [0.05, 0.1) is 22.3 Å². The number of anilines is 1. The van der Waals surface area contributed by atoms with E-state index in [2.05, 4.69) is 10.3 Å². The number of fused-ring (bicyclic) bond motifs is 1. The first-order valence-corrected chi connectivity index (χ1v) is 7.72. The van der Waals surface area contributed by atoms with Gasteiger partial charge in [-0.1, -0.05) is 6.07 Å². The monoisotopic (exact) mass is 331 g/mol. The molecule has 1 aromatic carbocycles. The van der Waals surface area contributed by atoms with Crippen molar-refractivity contribution in [2.24, 2.45) is 7.05 Å². The van der Waals surface area contributed by atoms with Crippen molar-refractivity contribution in [1.82, 2.24) is 9.55 Å². The summed E-state index contributed by atoms with van der Waals surface area (Å²) < 4.78 is 15.2. The molecule has 118 valence electrons. The minimum atomic E-state index is -0.503. The number of benzene rings is 1. The van der Waals surface area contributed by atoms with Crippen LogP contribution < -0.4 is 10.9 Å². The molecule has 0 fully saturated rings. The molecule has 0 atom stereocenters. The number of carbonyl (C=O) groups excluding carboxylic acids is 1. The van der Waals surface area contributed by atoms with Crippen molar-refractivity contribution < 1.29 is 9.18 Å². The van der Waals surface area contributed by atoms with Gasteiger partial charge in [0.15, 0.2) is 0 Å². The Morgan fingerprint density at radius 3 is 2.83 bits per heavy atom. The molecule has 0 aliphatic carbocycles. The Labute approximate surface area is 135 Å². The summed E-state index contributed by atoms with van der Waals surface area (Å²) in [7, 11) is 1.60. The maximum absolute atomic E-state index is 13.8. The number of halogens is 1. The Morgan fingerprint density at radius 2 is 2.09 bits per heavy atom. The molecule has 0 bridgehead atoms. The van der Waals surface area contributed by atoms with Crippen LogP contribution in [-0.2, 0) is 7.05 Å². The highest BCUT2D eigenvalue weighted by molar-refractivity contribution is 7.20. The molecule has 0 saturated heterocycles. The number of amides is 1. The lowest BCUT2D eigenvalue weighted by Gasteiger charge is -2.06. The van der Waals surface area contributed by atoms with Crippen LogP contribution in [0.25, 0.3) is 10.2 Å². The maximum atomic E-state index is 13.8. The van der Waals surface area contributed by atoms with Gasteiger partial charge in [-0.3, -0.25) is 9.59 Å². The summed E-state index contributed by atoms with van der Waals surface area (Å²) in [6.45, 7) is 3.51. The lowest BCUT2D eigenvalue weighted by molar-refractivity contribution is 0.102. The first-order chi connectivity index (χ1) is 10.9. The van der Waals surface area contributed by atoms with Crippen LogP contribution in [0.1, 0.15) is 20.8 Å². The van der Waals surface area contributed by atoms with Gasteiger partial charge in [-0.15, -0.1) is 11.3 Å². The molecule has 0 aliphatic rings. The Morgan fingerprint density at radius 1 is 1.35 bits per heavy atom. The predicted octanol–water partition coefficient (Wildman–Crippen LogP) is 3.00. The van der Waals surface area contributed by atoms with Crippen molar-refractivity contribution in [3.05, 3.63) is 56.7 Å². The van der Waals surface area contributed by atoms with Gasteiger partial charge in [0.25, 0.3) is 11.5 Å². The third kappa shape index (κ3) is 2.63. The highest BCUT2D eigenvalue weighted by Crippen LogP contribution is 2.28. The van der Waals surface area contributed by atoms with Crippen LogP contribution in [0.5, 0.6) is 0 Å². The second-order valence-corrected chi connectivity index (χ2v) is 6.33. The Hall–Kier alpha value is -2.54. The molecule has 23 heavy (non-hydrogen) atoms. The number of aromatic nitrogens is 2. The van der Waals surface area contributed by atoms with Gasteiger partial charge in [-0.05, 0) is 37.1 Å². The zero-order valence-corrected chi connectivity index (χ0v) is 13.6. The standard InChI is InChI=1S/C16H14FN3O2S/c1-8-4-5-10(17)11(6-8)19-14(21)13-9(2)12-15(23-13)18-7-20(3)16(12)22/h4-7H,1-3H3,(H,19,21).